The average molecular weight is 605 g/mol. The fraction of sp³-hybridized carbons (Fsp3) is 0.725. The SMILES string of the molecule is CCC(CCC(C)C1CCC2C1(C)CCC1C3(C)CCC(OC(=O)C=Cc4ccc(O)c(OC)c4)CC3=CCC12C)C(C)C. The first-order chi connectivity index (χ1) is 20.9. The average Bonchev–Trinajstić information content (AvgIpc) is 3.35. The number of phenolic OH excluding ortho intramolecular Hbond substituents is 1. The van der Waals surface area contributed by atoms with Crippen LogP contribution in [0.4, 0.5) is 0 Å². The second-order valence-corrected chi connectivity index (χ2v) is 16.2. The van der Waals surface area contributed by atoms with Gasteiger partial charge in [-0.2, -0.15) is 0 Å². The topological polar surface area (TPSA) is 55.8 Å². The molecule has 0 radical (unpaired) electrons. The molecule has 0 aromatic heterocycles. The maximum Gasteiger partial charge on any atom is 0.331 e. The summed E-state index contributed by atoms with van der Waals surface area (Å²) in [6.45, 7) is 17.7. The minimum absolute atomic E-state index is 0.0615. The quantitative estimate of drug-likeness (QED) is 0.164. The molecule has 3 saturated carbocycles. The monoisotopic (exact) mass is 604 g/mol. The molecule has 244 valence electrons. The van der Waals surface area contributed by atoms with Crippen LogP contribution in [0.25, 0.3) is 6.08 Å². The smallest absolute Gasteiger partial charge is 0.331 e. The zero-order valence-corrected chi connectivity index (χ0v) is 29.0. The van der Waals surface area contributed by atoms with Crippen molar-refractivity contribution in [3.63, 3.8) is 0 Å². The van der Waals surface area contributed by atoms with Gasteiger partial charge in [-0.3, -0.25) is 0 Å². The molecule has 1 N–H and O–H groups in total. The lowest BCUT2D eigenvalue weighted by Gasteiger charge is -2.63. The Balaban J connectivity index is 1.24. The van der Waals surface area contributed by atoms with Crippen molar-refractivity contribution >= 4 is 12.0 Å². The van der Waals surface area contributed by atoms with E-state index in [1.54, 1.807) is 29.8 Å². The number of fused-ring (bicyclic) bond motifs is 5. The van der Waals surface area contributed by atoms with E-state index in [1.807, 2.05) is 0 Å². The number of benzene rings is 1. The van der Waals surface area contributed by atoms with Crippen molar-refractivity contribution in [2.24, 2.45) is 51.8 Å². The minimum Gasteiger partial charge on any atom is -0.504 e. The first-order valence-corrected chi connectivity index (χ1v) is 17.8. The van der Waals surface area contributed by atoms with Crippen LogP contribution in [-0.2, 0) is 9.53 Å². The Labute approximate surface area is 268 Å². The third-order valence-corrected chi connectivity index (χ3v) is 13.7. The van der Waals surface area contributed by atoms with Crippen molar-refractivity contribution in [3.05, 3.63) is 41.5 Å². The van der Waals surface area contributed by atoms with E-state index in [0.29, 0.717) is 22.5 Å². The van der Waals surface area contributed by atoms with E-state index in [-0.39, 0.29) is 23.2 Å². The summed E-state index contributed by atoms with van der Waals surface area (Å²) in [6, 6.07) is 5.05. The Kier molecular flexibility index (Phi) is 9.70. The lowest BCUT2D eigenvalue weighted by Crippen LogP contribution is -2.56. The molecule has 4 aliphatic carbocycles. The maximum atomic E-state index is 12.8. The van der Waals surface area contributed by atoms with Gasteiger partial charge in [-0.15, -0.1) is 0 Å². The molecule has 9 atom stereocenters. The van der Waals surface area contributed by atoms with Crippen molar-refractivity contribution < 1.29 is 19.4 Å². The summed E-state index contributed by atoms with van der Waals surface area (Å²) < 4.78 is 11.2. The maximum absolute atomic E-state index is 12.8. The van der Waals surface area contributed by atoms with Crippen molar-refractivity contribution in [2.75, 3.05) is 7.11 Å². The van der Waals surface area contributed by atoms with Crippen LogP contribution < -0.4 is 4.74 Å². The second kappa shape index (κ2) is 12.9. The van der Waals surface area contributed by atoms with Crippen molar-refractivity contribution in [3.8, 4) is 11.5 Å². The largest absolute Gasteiger partial charge is 0.504 e. The molecule has 1 aromatic carbocycles. The summed E-state index contributed by atoms with van der Waals surface area (Å²) in [6.07, 6.45) is 19.5. The van der Waals surface area contributed by atoms with Gasteiger partial charge in [0.1, 0.15) is 6.10 Å². The molecular formula is C40H60O4. The molecule has 0 heterocycles. The molecule has 0 bridgehead atoms. The number of aromatic hydroxyl groups is 1. The standard InChI is InChI=1S/C40H60O4/c1-9-29(26(2)3)13-10-27(4)32-14-16-35-39(32,6)23-20-36-38(5)22-19-31(25-30(38)18-21-40(35,36)7)44-37(42)17-12-28-11-15-33(41)34(24-28)43-8/h11-12,15,17-18,24,26-27,29,31-32,35-36,41H,9-10,13-14,16,19-23,25H2,1-8H3. The first-order valence-electron chi connectivity index (χ1n) is 17.8. The highest BCUT2D eigenvalue weighted by atomic mass is 16.5. The summed E-state index contributed by atoms with van der Waals surface area (Å²) in [7, 11) is 1.52. The third-order valence-electron chi connectivity index (χ3n) is 13.7. The number of phenols is 1. The Bertz CT molecular complexity index is 1250. The highest BCUT2D eigenvalue weighted by molar-refractivity contribution is 5.87. The molecule has 5 rings (SSSR count). The van der Waals surface area contributed by atoms with E-state index in [9.17, 15) is 9.90 Å². The summed E-state index contributed by atoms with van der Waals surface area (Å²) >= 11 is 0. The highest BCUT2D eigenvalue weighted by Crippen LogP contribution is 2.72. The van der Waals surface area contributed by atoms with Crippen molar-refractivity contribution in [2.45, 2.75) is 125 Å². The van der Waals surface area contributed by atoms with Gasteiger partial charge in [-0.1, -0.05) is 79.0 Å². The first kappa shape index (κ1) is 33.1. The Morgan fingerprint density at radius 3 is 2.50 bits per heavy atom. The van der Waals surface area contributed by atoms with Crippen molar-refractivity contribution in [1.82, 2.24) is 0 Å². The molecule has 4 nitrogen and oxygen atoms in total. The number of rotatable bonds is 10. The van der Waals surface area contributed by atoms with E-state index in [0.717, 1.165) is 54.4 Å². The van der Waals surface area contributed by atoms with Gasteiger partial charge < -0.3 is 14.6 Å². The predicted molar refractivity (Wildman–Crippen MR) is 180 cm³/mol. The number of hydrogen-bond acceptors (Lipinski definition) is 4. The molecule has 0 spiro atoms. The fourth-order valence-electron chi connectivity index (χ4n) is 11.2. The Morgan fingerprint density at radius 1 is 1.02 bits per heavy atom. The van der Waals surface area contributed by atoms with E-state index < -0.39 is 0 Å². The van der Waals surface area contributed by atoms with Crippen LogP contribution in [0, 0.1) is 51.8 Å². The molecule has 0 amide bonds. The number of methoxy groups -OCH3 is 1. The van der Waals surface area contributed by atoms with Gasteiger partial charge in [0.05, 0.1) is 7.11 Å². The molecule has 0 aliphatic heterocycles. The minimum atomic E-state index is -0.301. The summed E-state index contributed by atoms with van der Waals surface area (Å²) in [4.78, 5) is 12.8. The molecule has 44 heavy (non-hydrogen) atoms. The van der Waals surface area contributed by atoms with Crippen LogP contribution in [0.1, 0.15) is 125 Å². The molecule has 3 fully saturated rings. The lowest BCUT2D eigenvalue weighted by atomic mass is 9.41. The normalized spacial score (nSPS) is 36.2. The molecule has 9 unspecified atom stereocenters. The Hall–Kier alpha value is -2.23. The van der Waals surface area contributed by atoms with E-state index in [4.69, 9.17) is 9.47 Å². The van der Waals surface area contributed by atoms with Gasteiger partial charge in [0.25, 0.3) is 0 Å². The summed E-state index contributed by atoms with van der Waals surface area (Å²) in [5.74, 6) is 5.04. The van der Waals surface area contributed by atoms with Crippen LogP contribution in [0.3, 0.4) is 0 Å². The van der Waals surface area contributed by atoms with E-state index in [2.05, 4.69) is 54.5 Å². The van der Waals surface area contributed by atoms with E-state index >= 15 is 0 Å². The molecule has 4 aliphatic rings. The van der Waals surface area contributed by atoms with Gasteiger partial charge in [-0.05, 0) is 127 Å². The number of ether oxygens (including phenoxy) is 2. The van der Waals surface area contributed by atoms with E-state index in [1.165, 1.54) is 64.6 Å². The number of esters is 1. The molecule has 4 heteroatoms. The van der Waals surface area contributed by atoms with Gasteiger partial charge in [0, 0.05) is 12.5 Å². The van der Waals surface area contributed by atoms with Gasteiger partial charge in [-0.25, -0.2) is 4.79 Å². The van der Waals surface area contributed by atoms with Crippen LogP contribution in [0.2, 0.25) is 0 Å². The van der Waals surface area contributed by atoms with Crippen LogP contribution in [0.5, 0.6) is 11.5 Å². The zero-order chi connectivity index (χ0) is 31.9. The van der Waals surface area contributed by atoms with Crippen LogP contribution in [-0.4, -0.2) is 24.3 Å². The Morgan fingerprint density at radius 2 is 1.80 bits per heavy atom. The molecule has 1 aromatic rings. The number of carbonyl (C=O) groups excluding carboxylic acids is 1. The van der Waals surface area contributed by atoms with Crippen LogP contribution >= 0.6 is 0 Å². The number of allylic oxidation sites excluding steroid dienone is 1. The summed E-state index contributed by atoms with van der Waals surface area (Å²) in [5.41, 5.74) is 3.37. The molecule has 0 saturated heterocycles. The van der Waals surface area contributed by atoms with Gasteiger partial charge >= 0.3 is 5.97 Å². The van der Waals surface area contributed by atoms with Crippen molar-refractivity contribution in [1.29, 1.82) is 0 Å². The predicted octanol–water partition coefficient (Wildman–Crippen LogP) is 10.4. The fourth-order valence-corrected chi connectivity index (χ4v) is 11.2. The van der Waals surface area contributed by atoms with Gasteiger partial charge in [0.2, 0.25) is 0 Å². The zero-order valence-electron chi connectivity index (χ0n) is 29.0. The lowest BCUT2D eigenvalue weighted by molar-refractivity contribution is -0.147. The number of hydrogen-bond donors (Lipinski definition) is 1. The van der Waals surface area contributed by atoms with Crippen LogP contribution in [0.15, 0.2) is 35.9 Å². The second-order valence-electron chi connectivity index (χ2n) is 16.2. The van der Waals surface area contributed by atoms with Gasteiger partial charge in [0.15, 0.2) is 11.5 Å². The third kappa shape index (κ3) is 6.01. The highest BCUT2D eigenvalue weighted by Gasteiger charge is 2.64. The summed E-state index contributed by atoms with van der Waals surface area (Å²) in [5, 5.41) is 9.84. The number of carbonyl (C=O) groups is 1. The molecular weight excluding hydrogens is 544 g/mol.